The molecule has 24 heavy (non-hydrogen) atoms. The van der Waals surface area contributed by atoms with Crippen LogP contribution in [0.3, 0.4) is 0 Å². The van der Waals surface area contributed by atoms with Gasteiger partial charge in [0.05, 0.1) is 18.1 Å². The summed E-state index contributed by atoms with van der Waals surface area (Å²) in [7, 11) is -3.56. The van der Waals surface area contributed by atoms with Crippen molar-refractivity contribution in [2.75, 3.05) is 13.2 Å². The van der Waals surface area contributed by atoms with Crippen LogP contribution in [0, 0.1) is 0 Å². The van der Waals surface area contributed by atoms with Crippen LogP contribution in [0.5, 0.6) is 11.5 Å². The third kappa shape index (κ3) is 3.16. The summed E-state index contributed by atoms with van der Waals surface area (Å²) in [4.78, 5) is 0.272. The number of ether oxygens (including phenoxy) is 2. The van der Waals surface area contributed by atoms with Gasteiger partial charge in [-0.1, -0.05) is 0 Å². The van der Waals surface area contributed by atoms with Crippen LogP contribution >= 0.6 is 11.3 Å². The Hall–Kier alpha value is -1.57. The van der Waals surface area contributed by atoms with Crippen molar-refractivity contribution in [3.05, 3.63) is 40.6 Å². The molecule has 4 rings (SSSR count). The van der Waals surface area contributed by atoms with Crippen molar-refractivity contribution in [3.63, 3.8) is 0 Å². The van der Waals surface area contributed by atoms with Crippen molar-refractivity contribution < 1.29 is 17.9 Å². The number of rotatable bonds is 5. The molecule has 2 aromatic rings. The molecule has 1 aliphatic carbocycles. The standard InChI is InChI=1S/C17H19NO4S2/c19-24(20,18(14-2-3-14)11-13-6-9-23-12-13)15-4-5-16-17(10-15)22-8-1-7-21-16/h4-6,9-10,12,14H,1-3,7-8,11H2. The fourth-order valence-corrected chi connectivity index (χ4v) is 5.12. The molecule has 0 atom stereocenters. The first-order valence-electron chi connectivity index (χ1n) is 8.07. The Morgan fingerprint density at radius 2 is 1.92 bits per heavy atom. The molecule has 1 aliphatic heterocycles. The van der Waals surface area contributed by atoms with Crippen molar-refractivity contribution in [1.82, 2.24) is 4.31 Å². The van der Waals surface area contributed by atoms with Gasteiger partial charge in [0, 0.05) is 25.1 Å². The maximum absolute atomic E-state index is 13.1. The molecule has 1 aromatic heterocycles. The monoisotopic (exact) mass is 365 g/mol. The van der Waals surface area contributed by atoms with Crippen molar-refractivity contribution in [1.29, 1.82) is 0 Å². The van der Waals surface area contributed by atoms with E-state index in [9.17, 15) is 8.42 Å². The predicted octanol–water partition coefficient (Wildman–Crippen LogP) is 3.26. The first-order valence-corrected chi connectivity index (χ1v) is 10.5. The number of hydrogen-bond donors (Lipinski definition) is 0. The van der Waals surface area contributed by atoms with E-state index in [0.29, 0.717) is 31.3 Å². The second kappa shape index (κ2) is 6.38. The van der Waals surface area contributed by atoms with Crippen LogP contribution in [0.2, 0.25) is 0 Å². The summed E-state index contributed by atoms with van der Waals surface area (Å²) in [5, 5.41) is 3.97. The van der Waals surface area contributed by atoms with Crippen molar-refractivity contribution >= 4 is 21.4 Å². The van der Waals surface area contributed by atoms with Crippen LogP contribution in [0.15, 0.2) is 39.9 Å². The molecule has 0 amide bonds. The van der Waals surface area contributed by atoms with Crippen LogP contribution in [-0.4, -0.2) is 32.0 Å². The van der Waals surface area contributed by atoms with Crippen LogP contribution in [0.4, 0.5) is 0 Å². The van der Waals surface area contributed by atoms with Crippen LogP contribution < -0.4 is 9.47 Å². The van der Waals surface area contributed by atoms with Crippen molar-refractivity contribution in [2.45, 2.75) is 36.7 Å². The molecular weight excluding hydrogens is 346 g/mol. The Labute approximate surface area is 145 Å². The van der Waals surface area contributed by atoms with Gasteiger partial charge in [-0.15, -0.1) is 0 Å². The highest BCUT2D eigenvalue weighted by atomic mass is 32.2. The lowest BCUT2D eigenvalue weighted by molar-refractivity contribution is 0.296. The van der Waals surface area contributed by atoms with Crippen LogP contribution in [0.25, 0.3) is 0 Å². The second-order valence-electron chi connectivity index (χ2n) is 6.07. The van der Waals surface area contributed by atoms with E-state index >= 15 is 0 Å². The summed E-state index contributed by atoms with van der Waals surface area (Å²) in [6.07, 6.45) is 2.64. The molecule has 0 spiro atoms. The average Bonchev–Trinajstić information content (AvgIpc) is 3.33. The lowest BCUT2D eigenvalue weighted by Crippen LogP contribution is -2.32. The van der Waals surface area contributed by atoms with Gasteiger partial charge < -0.3 is 9.47 Å². The van der Waals surface area contributed by atoms with Crippen molar-refractivity contribution in [2.24, 2.45) is 0 Å². The van der Waals surface area contributed by atoms with Gasteiger partial charge >= 0.3 is 0 Å². The Morgan fingerprint density at radius 3 is 2.62 bits per heavy atom. The molecule has 0 saturated heterocycles. The maximum Gasteiger partial charge on any atom is 0.243 e. The van der Waals surface area contributed by atoms with Gasteiger partial charge in [-0.2, -0.15) is 15.6 Å². The Morgan fingerprint density at radius 1 is 1.12 bits per heavy atom. The van der Waals surface area contributed by atoms with E-state index in [1.165, 1.54) is 0 Å². The van der Waals surface area contributed by atoms with E-state index in [-0.39, 0.29) is 10.9 Å². The highest BCUT2D eigenvalue weighted by molar-refractivity contribution is 7.89. The van der Waals surface area contributed by atoms with Gasteiger partial charge in [0.25, 0.3) is 0 Å². The normalized spacial score (nSPS) is 17.7. The molecule has 1 saturated carbocycles. The van der Waals surface area contributed by atoms with Crippen LogP contribution in [0.1, 0.15) is 24.8 Å². The number of thiophene rings is 1. The number of fused-ring (bicyclic) bond motifs is 1. The average molecular weight is 365 g/mol. The lowest BCUT2D eigenvalue weighted by Gasteiger charge is -2.22. The zero-order chi connectivity index (χ0) is 16.6. The molecule has 2 heterocycles. The quantitative estimate of drug-likeness (QED) is 0.816. The largest absolute Gasteiger partial charge is 0.490 e. The highest BCUT2D eigenvalue weighted by Crippen LogP contribution is 2.37. The molecule has 7 heteroatoms. The molecule has 0 radical (unpaired) electrons. The molecule has 1 fully saturated rings. The summed E-state index contributed by atoms with van der Waals surface area (Å²) in [6.45, 7) is 1.55. The van der Waals surface area contributed by atoms with E-state index < -0.39 is 10.0 Å². The molecule has 0 N–H and O–H groups in total. The zero-order valence-electron chi connectivity index (χ0n) is 13.2. The summed E-state index contributed by atoms with van der Waals surface area (Å²) in [5.74, 6) is 1.13. The van der Waals surface area contributed by atoms with E-state index in [4.69, 9.17) is 9.47 Å². The van der Waals surface area contributed by atoms with Gasteiger partial charge in [-0.3, -0.25) is 0 Å². The predicted molar refractivity (Wildman–Crippen MR) is 92.1 cm³/mol. The second-order valence-corrected chi connectivity index (χ2v) is 8.74. The topological polar surface area (TPSA) is 55.8 Å². The van der Waals surface area contributed by atoms with Gasteiger partial charge in [0.15, 0.2) is 11.5 Å². The number of nitrogens with zero attached hydrogens (tertiary/aromatic N) is 1. The van der Waals surface area contributed by atoms with Gasteiger partial charge in [-0.05, 0) is 47.4 Å². The smallest absolute Gasteiger partial charge is 0.243 e. The Kier molecular flexibility index (Phi) is 4.24. The van der Waals surface area contributed by atoms with Gasteiger partial charge in [0.2, 0.25) is 10.0 Å². The number of hydrogen-bond acceptors (Lipinski definition) is 5. The van der Waals surface area contributed by atoms with E-state index in [0.717, 1.165) is 24.8 Å². The zero-order valence-corrected chi connectivity index (χ0v) is 14.8. The molecule has 5 nitrogen and oxygen atoms in total. The lowest BCUT2D eigenvalue weighted by atomic mass is 10.3. The van der Waals surface area contributed by atoms with Crippen molar-refractivity contribution in [3.8, 4) is 11.5 Å². The van der Waals surface area contributed by atoms with Crippen LogP contribution in [-0.2, 0) is 16.6 Å². The fraction of sp³-hybridized carbons (Fsp3) is 0.412. The first kappa shape index (κ1) is 15.9. The highest BCUT2D eigenvalue weighted by Gasteiger charge is 2.38. The molecule has 0 unspecified atom stereocenters. The Balaban J connectivity index is 1.66. The van der Waals surface area contributed by atoms with E-state index in [1.807, 2.05) is 16.8 Å². The third-order valence-corrected chi connectivity index (χ3v) is 6.82. The minimum absolute atomic E-state index is 0.103. The number of benzene rings is 1. The van der Waals surface area contributed by atoms with E-state index in [1.54, 1.807) is 33.8 Å². The summed E-state index contributed by atoms with van der Waals surface area (Å²) in [5.41, 5.74) is 1.03. The molecular formula is C17H19NO4S2. The summed E-state index contributed by atoms with van der Waals surface area (Å²) < 4.78 is 39.1. The minimum Gasteiger partial charge on any atom is -0.490 e. The molecule has 128 valence electrons. The SMILES string of the molecule is O=S(=O)(c1ccc2c(c1)OCCCO2)N(Cc1ccsc1)C1CC1. The fourth-order valence-electron chi connectivity index (χ4n) is 2.77. The van der Waals surface area contributed by atoms with Gasteiger partial charge in [0.1, 0.15) is 0 Å². The third-order valence-electron chi connectivity index (χ3n) is 4.20. The first-order chi connectivity index (χ1) is 11.6. The molecule has 0 bridgehead atoms. The van der Waals surface area contributed by atoms with Gasteiger partial charge in [-0.25, -0.2) is 8.42 Å². The molecule has 1 aromatic carbocycles. The minimum atomic E-state index is -3.56. The Bertz CT molecular complexity index is 813. The number of sulfonamides is 1. The molecule has 2 aliphatic rings. The summed E-state index contributed by atoms with van der Waals surface area (Å²) >= 11 is 1.58. The maximum atomic E-state index is 13.1. The summed E-state index contributed by atoms with van der Waals surface area (Å²) in [6, 6.07) is 6.99. The van der Waals surface area contributed by atoms with E-state index in [2.05, 4.69) is 0 Å².